The number of benzene rings is 1. The van der Waals surface area contributed by atoms with Crippen LogP contribution >= 0.6 is 11.6 Å². The van der Waals surface area contributed by atoms with E-state index in [1.54, 1.807) is 6.92 Å². The van der Waals surface area contributed by atoms with Crippen molar-refractivity contribution in [3.05, 3.63) is 47.1 Å². The summed E-state index contributed by atoms with van der Waals surface area (Å²) in [7, 11) is -3.90. The molecule has 0 radical (unpaired) electrons. The number of nitrogens with zero attached hydrogens (tertiary/aromatic N) is 2. The average Bonchev–Trinajstić information content (AvgIpc) is 2.35. The van der Waals surface area contributed by atoms with E-state index in [1.165, 1.54) is 24.5 Å². The van der Waals surface area contributed by atoms with E-state index < -0.39 is 15.8 Å². The molecular formula is C11H9ClFN3O2S. The lowest BCUT2D eigenvalue weighted by atomic mass is 10.2. The normalized spacial score (nSPS) is 11.3. The fourth-order valence-electron chi connectivity index (χ4n) is 1.30. The minimum absolute atomic E-state index is 0.00498. The maximum absolute atomic E-state index is 13.4. The van der Waals surface area contributed by atoms with E-state index in [1.807, 2.05) is 0 Å². The summed E-state index contributed by atoms with van der Waals surface area (Å²) >= 11 is 5.54. The smallest absolute Gasteiger partial charge is 0.262 e. The molecule has 0 amide bonds. The van der Waals surface area contributed by atoms with Crippen LogP contribution in [0.1, 0.15) is 5.56 Å². The molecule has 5 nitrogen and oxygen atoms in total. The van der Waals surface area contributed by atoms with Crippen LogP contribution in [-0.4, -0.2) is 18.4 Å². The molecule has 0 aliphatic rings. The van der Waals surface area contributed by atoms with Gasteiger partial charge in [-0.2, -0.15) is 0 Å². The Bertz CT molecular complexity index is 704. The molecule has 1 aromatic carbocycles. The summed E-state index contributed by atoms with van der Waals surface area (Å²) in [6.45, 7) is 1.55. The molecule has 100 valence electrons. The highest BCUT2D eigenvalue weighted by Gasteiger charge is 2.16. The van der Waals surface area contributed by atoms with Crippen molar-refractivity contribution in [3.8, 4) is 0 Å². The Labute approximate surface area is 114 Å². The van der Waals surface area contributed by atoms with Crippen LogP contribution in [0.3, 0.4) is 0 Å². The van der Waals surface area contributed by atoms with Crippen molar-refractivity contribution in [3.63, 3.8) is 0 Å². The van der Waals surface area contributed by atoms with Gasteiger partial charge in [-0.3, -0.25) is 4.72 Å². The molecule has 0 fully saturated rings. The van der Waals surface area contributed by atoms with Crippen LogP contribution in [0.5, 0.6) is 0 Å². The van der Waals surface area contributed by atoms with E-state index in [9.17, 15) is 12.8 Å². The molecule has 0 aliphatic heterocycles. The SMILES string of the molecule is Cc1ccc(S(=O)(=O)Nc2cnc(Cl)cn2)cc1F. The number of hydrogen-bond donors (Lipinski definition) is 1. The van der Waals surface area contributed by atoms with Gasteiger partial charge in [0.25, 0.3) is 10.0 Å². The molecule has 0 saturated carbocycles. The fourth-order valence-corrected chi connectivity index (χ4v) is 2.40. The van der Waals surface area contributed by atoms with Gasteiger partial charge >= 0.3 is 0 Å². The molecule has 1 aromatic heterocycles. The highest BCUT2D eigenvalue weighted by molar-refractivity contribution is 7.92. The summed E-state index contributed by atoms with van der Waals surface area (Å²) in [5, 5.41) is 0.143. The third-order valence-corrected chi connectivity index (χ3v) is 3.86. The average molecular weight is 302 g/mol. The van der Waals surface area contributed by atoms with E-state index in [-0.39, 0.29) is 15.9 Å². The minimum atomic E-state index is -3.90. The molecule has 0 atom stereocenters. The predicted molar refractivity (Wildman–Crippen MR) is 69.0 cm³/mol. The number of hydrogen-bond acceptors (Lipinski definition) is 4. The zero-order valence-electron chi connectivity index (χ0n) is 9.76. The lowest BCUT2D eigenvalue weighted by molar-refractivity contribution is 0.593. The van der Waals surface area contributed by atoms with Gasteiger partial charge in [0.1, 0.15) is 11.0 Å². The number of nitrogens with one attached hydrogen (secondary N) is 1. The number of anilines is 1. The molecule has 2 aromatic rings. The maximum Gasteiger partial charge on any atom is 0.263 e. The number of rotatable bonds is 3. The number of sulfonamides is 1. The van der Waals surface area contributed by atoms with Gasteiger partial charge in [0.15, 0.2) is 5.82 Å². The predicted octanol–water partition coefficient (Wildman–Crippen LogP) is 2.38. The molecule has 19 heavy (non-hydrogen) atoms. The lowest BCUT2D eigenvalue weighted by Gasteiger charge is -2.07. The van der Waals surface area contributed by atoms with Gasteiger partial charge in [-0.05, 0) is 24.6 Å². The Morgan fingerprint density at radius 3 is 2.58 bits per heavy atom. The molecule has 2 rings (SSSR count). The zero-order chi connectivity index (χ0) is 14.0. The molecular weight excluding hydrogens is 293 g/mol. The van der Waals surface area contributed by atoms with Gasteiger partial charge in [0.2, 0.25) is 0 Å². The van der Waals surface area contributed by atoms with Gasteiger partial charge < -0.3 is 0 Å². The third kappa shape index (κ3) is 3.18. The number of aromatic nitrogens is 2. The summed E-state index contributed by atoms with van der Waals surface area (Å²) in [6, 6.07) is 3.64. The van der Waals surface area contributed by atoms with E-state index in [4.69, 9.17) is 11.6 Å². The van der Waals surface area contributed by atoms with Crippen molar-refractivity contribution >= 4 is 27.4 Å². The van der Waals surface area contributed by atoms with Gasteiger partial charge in [0.05, 0.1) is 17.3 Å². The van der Waals surface area contributed by atoms with Crippen molar-refractivity contribution in [2.45, 2.75) is 11.8 Å². The highest BCUT2D eigenvalue weighted by atomic mass is 35.5. The molecule has 0 aliphatic carbocycles. The van der Waals surface area contributed by atoms with E-state index in [0.717, 1.165) is 6.07 Å². The van der Waals surface area contributed by atoms with Gasteiger partial charge in [-0.1, -0.05) is 17.7 Å². The summed E-state index contributed by atoms with van der Waals surface area (Å²) < 4.78 is 39.5. The number of halogens is 2. The van der Waals surface area contributed by atoms with E-state index in [2.05, 4.69) is 14.7 Å². The molecule has 0 bridgehead atoms. The van der Waals surface area contributed by atoms with Gasteiger partial charge in [-0.15, -0.1) is 0 Å². The van der Waals surface area contributed by atoms with Crippen molar-refractivity contribution in [2.75, 3.05) is 4.72 Å². The third-order valence-electron chi connectivity index (χ3n) is 2.31. The first-order valence-electron chi connectivity index (χ1n) is 5.15. The second-order valence-corrected chi connectivity index (χ2v) is 5.81. The maximum atomic E-state index is 13.4. The van der Waals surface area contributed by atoms with Crippen LogP contribution < -0.4 is 4.72 Å². The summed E-state index contributed by atoms with van der Waals surface area (Å²) in [5.41, 5.74) is 0.366. The first-order chi connectivity index (χ1) is 8.88. The molecule has 0 saturated heterocycles. The Morgan fingerprint density at radius 1 is 1.26 bits per heavy atom. The van der Waals surface area contributed by atoms with Gasteiger partial charge in [-0.25, -0.2) is 22.8 Å². The van der Waals surface area contributed by atoms with Crippen LogP contribution in [0, 0.1) is 12.7 Å². The largest absolute Gasteiger partial charge is 0.263 e. The molecule has 8 heteroatoms. The van der Waals surface area contributed by atoms with Crippen molar-refractivity contribution in [1.82, 2.24) is 9.97 Å². The van der Waals surface area contributed by atoms with Crippen LogP contribution in [0.4, 0.5) is 10.2 Å². The molecule has 0 unspecified atom stereocenters. The second-order valence-electron chi connectivity index (χ2n) is 3.74. The van der Waals surface area contributed by atoms with Crippen molar-refractivity contribution in [2.24, 2.45) is 0 Å². The molecule has 1 heterocycles. The van der Waals surface area contributed by atoms with E-state index >= 15 is 0 Å². The first-order valence-corrected chi connectivity index (χ1v) is 7.01. The standard InChI is InChI=1S/C11H9ClFN3O2S/c1-7-2-3-8(4-9(7)13)19(17,18)16-11-6-14-10(12)5-15-11/h2-6H,1H3,(H,15,16). The minimum Gasteiger partial charge on any atom is -0.262 e. The second kappa shape index (κ2) is 5.10. The topological polar surface area (TPSA) is 72.0 Å². The molecule has 1 N–H and O–H groups in total. The first kappa shape index (κ1) is 13.7. The van der Waals surface area contributed by atoms with Gasteiger partial charge in [0, 0.05) is 0 Å². The Morgan fingerprint density at radius 2 is 2.00 bits per heavy atom. The zero-order valence-corrected chi connectivity index (χ0v) is 11.3. The van der Waals surface area contributed by atoms with Crippen LogP contribution in [-0.2, 0) is 10.0 Å². The Balaban J connectivity index is 2.32. The highest BCUT2D eigenvalue weighted by Crippen LogP contribution is 2.17. The quantitative estimate of drug-likeness (QED) is 0.945. The molecule has 0 spiro atoms. The fraction of sp³-hybridized carbons (Fsp3) is 0.0909. The summed E-state index contributed by atoms with van der Waals surface area (Å²) in [6.07, 6.45) is 2.37. The number of aryl methyl sites for hydroxylation is 1. The Hall–Kier alpha value is -1.73. The van der Waals surface area contributed by atoms with Crippen molar-refractivity contribution < 1.29 is 12.8 Å². The monoisotopic (exact) mass is 301 g/mol. The van der Waals surface area contributed by atoms with Crippen molar-refractivity contribution in [1.29, 1.82) is 0 Å². The van der Waals surface area contributed by atoms with E-state index in [0.29, 0.717) is 5.56 Å². The lowest BCUT2D eigenvalue weighted by Crippen LogP contribution is -2.14. The van der Waals surface area contributed by atoms with Crippen LogP contribution in [0.15, 0.2) is 35.5 Å². The summed E-state index contributed by atoms with van der Waals surface area (Å²) in [4.78, 5) is 7.25. The Kier molecular flexibility index (Phi) is 3.68. The van der Waals surface area contributed by atoms with Crippen LogP contribution in [0.25, 0.3) is 0 Å². The van der Waals surface area contributed by atoms with Crippen LogP contribution in [0.2, 0.25) is 5.15 Å². The summed E-state index contributed by atoms with van der Waals surface area (Å²) in [5.74, 6) is -0.588.